The minimum absolute atomic E-state index is 0.0182. The lowest BCUT2D eigenvalue weighted by molar-refractivity contribution is -0.196. The van der Waals surface area contributed by atoms with E-state index in [4.69, 9.17) is 4.42 Å². The molecule has 2 heterocycles. The van der Waals surface area contributed by atoms with Gasteiger partial charge in [0.1, 0.15) is 11.6 Å². The Balaban J connectivity index is 1.75. The number of alkyl halides is 3. The summed E-state index contributed by atoms with van der Waals surface area (Å²) in [5.41, 5.74) is -2.50. The molecule has 0 aliphatic carbocycles. The van der Waals surface area contributed by atoms with E-state index in [9.17, 15) is 22.8 Å². The van der Waals surface area contributed by atoms with Gasteiger partial charge in [0, 0.05) is 11.1 Å². The molecule has 2 amide bonds. The molecule has 35 heavy (non-hydrogen) atoms. The van der Waals surface area contributed by atoms with E-state index in [-0.39, 0.29) is 29.1 Å². The minimum Gasteiger partial charge on any atom is -0.467 e. The van der Waals surface area contributed by atoms with E-state index in [0.29, 0.717) is 5.56 Å². The maximum atomic E-state index is 14.5. The number of benzene rings is 2. The number of amidine groups is 1. The summed E-state index contributed by atoms with van der Waals surface area (Å²) >= 11 is 0. The van der Waals surface area contributed by atoms with Gasteiger partial charge in [0.05, 0.1) is 12.8 Å². The first-order chi connectivity index (χ1) is 16.4. The first-order valence-electron chi connectivity index (χ1n) is 10.9. The average molecular weight is 483 g/mol. The molecule has 6 nitrogen and oxygen atoms in total. The van der Waals surface area contributed by atoms with E-state index < -0.39 is 23.7 Å². The van der Waals surface area contributed by atoms with Crippen molar-refractivity contribution < 1.29 is 27.2 Å². The number of halogens is 3. The molecule has 0 radical (unpaired) electrons. The number of aliphatic imine (C=N–C) groups is 1. The van der Waals surface area contributed by atoms with Crippen LogP contribution in [0.5, 0.6) is 0 Å². The number of nitrogens with zero attached hydrogens (tertiary/aromatic N) is 2. The Morgan fingerprint density at radius 1 is 1.00 bits per heavy atom. The van der Waals surface area contributed by atoms with E-state index >= 15 is 0 Å². The lowest BCUT2D eigenvalue weighted by atomic mass is 9.86. The molecule has 0 spiro atoms. The molecule has 1 atom stereocenters. The summed E-state index contributed by atoms with van der Waals surface area (Å²) in [6, 6.07) is 17.3. The molecule has 1 aliphatic rings. The Hall–Kier alpha value is -3.88. The van der Waals surface area contributed by atoms with Gasteiger partial charge in [0.25, 0.3) is 11.8 Å². The van der Waals surface area contributed by atoms with Crippen molar-refractivity contribution in [2.75, 3.05) is 0 Å². The van der Waals surface area contributed by atoms with Crippen molar-refractivity contribution in [2.24, 2.45) is 4.99 Å². The molecule has 1 aromatic heterocycles. The molecule has 0 bridgehead atoms. The molecule has 0 saturated carbocycles. The lowest BCUT2D eigenvalue weighted by Gasteiger charge is -2.29. The molecule has 0 unspecified atom stereocenters. The largest absolute Gasteiger partial charge is 0.467 e. The van der Waals surface area contributed by atoms with Gasteiger partial charge >= 0.3 is 11.8 Å². The summed E-state index contributed by atoms with van der Waals surface area (Å²) in [7, 11) is 0. The topological polar surface area (TPSA) is 74.9 Å². The third-order valence-electron chi connectivity index (χ3n) is 5.73. The maximum absolute atomic E-state index is 14.5. The highest BCUT2D eigenvalue weighted by Crippen LogP contribution is 2.39. The van der Waals surface area contributed by atoms with Crippen LogP contribution in [-0.2, 0) is 16.8 Å². The summed E-state index contributed by atoms with van der Waals surface area (Å²) in [6.07, 6.45) is -3.85. The van der Waals surface area contributed by atoms with Crippen LogP contribution in [0.1, 0.15) is 48.0 Å². The van der Waals surface area contributed by atoms with E-state index in [2.05, 4.69) is 4.99 Å². The van der Waals surface area contributed by atoms with Crippen molar-refractivity contribution in [1.29, 1.82) is 0 Å². The number of rotatable bonds is 5. The summed E-state index contributed by atoms with van der Waals surface area (Å²) in [4.78, 5) is 31.0. The second kappa shape index (κ2) is 8.72. The van der Waals surface area contributed by atoms with Gasteiger partial charge in [-0.3, -0.25) is 14.5 Å². The molecule has 0 fully saturated rings. The second-order valence-electron chi connectivity index (χ2n) is 9.26. The highest BCUT2D eigenvalue weighted by molar-refractivity contribution is 6.16. The first kappa shape index (κ1) is 24.3. The molecule has 9 heteroatoms. The predicted molar refractivity (Wildman–Crippen MR) is 124 cm³/mol. The molecule has 0 saturated heterocycles. The highest BCUT2D eigenvalue weighted by atomic mass is 19.4. The van der Waals surface area contributed by atoms with Crippen molar-refractivity contribution in [1.82, 2.24) is 10.2 Å². The zero-order valence-electron chi connectivity index (χ0n) is 19.4. The smallest absolute Gasteiger partial charge is 0.442 e. The molecule has 4 rings (SSSR count). The van der Waals surface area contributed by atoms with Crippen LogP contribution < -0.4 is 5.32 Å². The second-order valence-corrected chi connectivity index (χ2v) is 9.26. The number of hydrogen-bond acceptors (Lipinski definition) is 4. The predicted octanol–water partition coefficient (Wildman–Crippen LogP) is 5.05. The van der Waals surface area contributed by atoms with Gasteiger partial charge in [0.2, 0.25) is 0 Å². The SMILES string of the molecule is CC(C)(C)c1ccc(C(=O)N[C@]2(C(F)(F)F)N=C(c3ccccc3)N(Cc3ccco3)C2=O)cc1. The standard InChI is InChI=1S/C26H24F3N3O3/c1-24(2,3)19-13-11-18(12-14-19)22(33)31-25(26(27,28)29)23(34)32(16-20-10-7-15-35-20)21(30-25)17-8-5-4-6-9-17/h4-15H,16H2,1-3H3,(H,31,33)/t25-/m1/s1. The van der Waals surface area contributed by atoms with Crippen LogP contribution >= 0.6 is 0 Å². The van der Waals surface area contributed by atoms with E-state index in [1.54, 1.807) is 54.6 Å². The number of carbonyl (C=O) groups excluding carboxylic acids is 2. The van der Waals surface area contributed by atoms with Gasteiger partial charge in [-0.2, -0.15) is 13.2 Å². The fourth-order valence-electron chi connectivity index (χ4n) is 3.77. The molecule has 2 aromatic carbocycles. The quantitative estimate of drug-likeness (QED) is 0.552. The number of hydrogen-bond donors (Lipinski definition) is 1. The number of nitrogens with one attached hydrogen (secondary N) is 1. The van der Waals surface area contributed by atoms with Crippen molar-refractivity contribution in [3.63, 3.8) is 0 Å². The van der Waals surface area contributed by atoms with E-state index in [0.717, 1.165) is 10.5 Å². The highest BCUT2D eigenvalue weighted by Gasteiger charge is 2.67. The zero-order valence-corrected chi connectivity index (χ0v) is 19.4. The van der Waals surface area contributed by atoms with Crippen LogP contribution in [0.15, 0.2) is 82.4 Å². The summed E-state index contributed by atoms with van der Waals surface area (Å²) < 4.78 is 48.8. The third kappa shape index (κ3) is 4.58. The zero-order chi connectivity index (χ0) is 25.4. The van der Waals surface area contributed by atoms with Crippen LogP contribution in [0.3, 0.4) is 0 Å². The summed E-state index contributed by atoms with van der Waals surface area (Å²) in [5.74, 6) is -2.43. The minimum atomic E-state index is -5.21. The molecular weight excluding hydrogens is 459 g/mol. The van der Waals surface area contributed by atoms with Crippen LogP contribution in [0.2, 0.25) is 0 Å². The average Bonchev–Trinajstić information content (AvgIpc) is 3.42. The number of carbonyl (C=O) groups is 2. The van der Waals surface area contributed by atoms with Gasteiger partial charge in [-0.25, -0.2) is 4.99 Å². The monoisotopic (exact) mass is 483 g/mol. The summed E-state index contributed by atoms with van der Waals surface area (Å²) in [5, 5.41) is 1.89. The molecule has 1 aliphatic heterocycles. The fraction of sp³-hybridized carbons (Fsp3) is 0.269. The van der Waals surface area contributed by atoms with Crippen molar-refractivity contribution in [3.8, 4) is 0 Å². The summed E-state index contributed by atoms with van der Waals surface area (Å²) in [6.45, 7) is 5.65. The molecule has 3 aromatic rings. The Bertz CT molecular complexity index is 1240. The molecule has 1 N–H and O–H groups in total. The van der Waals surface area contributed by atoms with Crippen LogP contribution in [-0.4, -0.2) is 34.4 Å². The van der Waals surface area contributed by atoms with Crippen LogP contribution in [0.25, 0.3) is 0 Å². The van der Waals surface area contributed by atoms with Gasteiger partial charge in [-0.05, 0) is 35.2 Å². The first-order valence-corrected chi connectivity index (χ1v) is 10.9. The van der Waals surface area contributed by atoms with Gasteiger partial charge in [0.15, 0.2) is 0 Å². The van der Waals surface area contributed by atoms with Crippen molar-refractivity contribution >= 4 is 17.6 Å². The fourth-order valence-corrected chi connectivity index (χ4v) is 3.77. The Morgan fingerprint density at radius 2 is 1.66 bits per heavy atom. The van der Waals surface area contributed by atoms with Gasteiger partial charge in [-0.1, -0.05) is 63.2 Å². The van der Waals surface area contributed by atoms with Crippen LogP contribution in [0, 0.1) is 0 Å². The number of amides is 2. The third-order valence-corrected chi connectivity index (χ3v) is 5.73. The lowest BCUT2D eigenvalue weighted by Crippen LogP contribution is -2.63. The van der Waals surface area contributed by atoms with E-state index in [1.807, 2.05) is 26.1 Å². The van der Waals surface area contributed by atoms with Crippen molar-refractivity contribution in [3.05, 3.63) is 95.4 Å². The van der Waals surface area contributed by atoms with Gasteiger partial charge in [-0.15, -0.1) is 0 Å². The Kier molecular flexibility index (Phi) is 6.04. The molecular formula is C26H24F3N3O3. The Labute approximate surface area is 200 Å². The van der Waals surface area contributed by atoms with Crippen molar-refractivity contribution in [2.45, 2.75) is 44.6 Å². The normalized spacial score (nSPS) is 18.5. The van der Waals surface area contributed by atoms with E-state index in [1.165, 1.54) is 18.4 Å². The Morgan fingerprint density at radius 3 is 2.20 bits per heavy atom. The maximum Gasteiger partial charge on any atom is 0.442 e. The van der Waals surface area contributed by atoms with Crippen LogP contribution in [0.4, 0.5) is 13.2 Å². The molecule has 182 valence electrons. The number of furan rings is 1. The van der Waals surface area contributed by atoms with Gasteiger partial charge < -0.3 is 9.73 Å².